The molecule has 0 unspecified atom stereocenters. The minimum atomic E-state index is -0.447. The molecule has 2 aliphatic rings. The molecule has 0 bridgehead atoms. The molecule has 2 fully saturated rings. The van der Waals surface area contributed by atoms with Gasteiger partial charge < -0.3 is 15.0 Å². The number of guanidine groups is 1. The Hall–Kier alpha value is -1.14. The van der Waals surface area contributed by atoms with Crippen molar-refractivity contribution in [3.8, 4) is 0 Å². The highest BCUT2D eigenvalue weighted by Gasteiger charge is 2.47. The maximum atomic E-state index is 12.2. The van der Waals surface area contributed by atoms with Crippen molar-refractivity contribution in [1.29, 1.82) is 0 Å². The molecule has 0 atom stereocenters. The van der Waals surface area contributed by atoms with Crippen LogP contribution in [0.3, 0.4) is 0 Å². The second kappa shape index (κ2) is 5.88. The number of hydrogen-bond donors (Lipinski definition) is 2. The number of hydrogen-bond acceptors (Lipinski definition) is 4. The summed E-state index contributed by atoms with van der Waals surface area (Å²) in [7, 11) is 1.64. The van der Waals surface area contributed by atoms with E-state index in [1.807, 2.05) is 0 Å². The maximum Gasteiger partial charge on any atom is 0.252 e. The summed E-state index contributed by atoms with van der Waals surface area (Å²) in [5, 5.41) is 6.12. The van der Waals surface area contributed by atoms with Gasteiger partial charge in [-0.15, -0.1) is 0 Å². The minimum Gasteiger partial charge on any atom is -0.383 e. The fourth-order valence-corrected chi connectivity index (χ4v) is 2.64. The number of aliphatic imine (C=N–C) groups is 1. The third-order valence-corrected chi connectivity index (χ3v) is 3.97. The SMILES string of the molecule is COCCN=C1NC(=O)C2(CCN(C(C)C)CC2)N1. The number of amides is 1. The third-order valence-electron chi connectivity index (χ3n) is 3.97. The normalized spacial score (nSPS) is 25.1. The highest BCUT2D eigenvalue weighted by Crippen LogP contribution is 2.26. The Labute approximate surface area is 114 Å². The molecule has 2 heterocycles. The second-order valence-corrected chi connectivity index (χ2v) is 5.51. The van der Waals surface area contributed by atoms with Crippen molar-refractivity contribution >= 4 is 11.9 Å². The van der Waals surface area contributed by atoms with Crippen molar-refractivity contribution in [2.24, 2.45) is 4.99 Å². The molecule has 2 N–H and O–H groups in total. The quantitative estimate of drug-likeness (QED) is 0.702. The number of rotatable bonds is 4. The topological polar surface area (TPSA) is 66.0 Å². The molecule has 6 nitrogen and oxygen atoms in total. The number of nitrogens with zero attached hydrogens (tertiary/aromatic N) is 2. The third kappa shape index (κ3) is 3.06. The first-order chi connectivity index (χ1) is 9.07. The second-order valence-electron chi connectivity index (χ2n) is 5.51. The van der Waals surface area contributed by atoms with E-state index in [4.69, 9.17) is 4.74 Å². The van der Waals surface area contributed by atoms with Gasteiger partial charge in [0.15, 0.2) is 5.96 Å². The molecule has 0 radical (unpaired) electrons. The molecule has 0 aromatic carbocycles. The van der Waals surface area contributed by atoms with Gasteiger partial charge >= 0.3 is 0 Å². The summed E-state index contributed by atoms with van der Waals surface area (Å²) in [6.45, 7) is 7.41. The largest absolute Gasteiger partial charge is 0.383 e. The van der Waals surface area contributed by atoms with Crippen LogP contribution in [0, 0.1) is 0 Å². The predicted molar refractivity (Wildman–Crippen MR) is 74.1 cm³/mol. The van der Waals surface area contributed by atoms with Gasteiger partial charge in [0.2, 0.25) is 0 Å². The average molecular weight is 268 g/mol. The monoisotopic (exact) mass is 268 g/mol. The van der Waals surface area contributed by atoms with Crippen LogP contribution >= 0.6 is 0 Å². The summed E-state index contributed by atoms with van der Waals surface area (Å²) >= 11 is 0. The van der Waals surface area contributed by atoms with E-state index < -0.39 is 5.54 Å². The Morgan fingerprint density at radius 1 is 1.42 bits per heavy atom. The minimum absolute atomic E-state index is 0.0621. The highest BCUT2D eigenvalue weighted by atomic mass is 16.5. The van der Waals surface area contributed by atoms with Gasteiger partial charge in [-0.25, -0.2) is 0 Å². The smallest absolute Gasteiger partial charge is 0.252 e. The van der Waals surface area contributed by atoms with Crippen LogP contribution in [-0.2, 0) is 9.53 Å². The van der Waals surface area contributed by atoms with Gasteiger partial charge in [0.25, 0.3) is 5.91 Å². The fraction of sp³-hybridized carbons (Fsp3) is 0.846. The molecule has 0 aromatic rings. The molecule has 0 saturated carbocycles. The molecule has 0 aromatic heterocycles. The summed E-state index contributed by atoms with van der Waals surface area (Å²) in [4.78, 5) is 18.9. The van der Waals surface area contributed by atoms with Crippen molar-refractivity contribution in [2.45, 2.75) is 38.3 Å². The van der Waals surface area contributed by atoms with Crippen molar-refractivity contribution in [3.05, 3.63) is 0 Å². The van der Waals surface area contributed by atoms with Gasteiger partial charge in [-0.3, -0.25) is 15.1 Å². The van der Waals surface area contributed by atoms with Gasteiger partial charge in [0, 0.05) is 26.2 Å². The fourth-order valence-electron chi connectivity index (χ4n) is 2.64. The van der Waals surface area contributed by atoms with Gasteiger partial charge in [-0.2, -0.15) is 0 Å². The summed E-state index contributed by atoms with van der Waals surface area (Å²) in [6, 6.07) is 0.539. The summed E-state index contributed by atoms with van der Waals surface area (Å²) < 4.78 is 4.95. The molecule has 19 heavy (non-hydrogen) atoms. The maximum absolute atomic E-state index is 12.2. The number of ether oxygens (including phenoxy) is 1. The van der Waals surface area contributed by atoms with Crippen molar-refractivity contribution in [1.82, 2.24) is 15.5 Å². The lowest BCUT2D eigenvalue weighted by Gasteiger charge is -2.39. The Morgan fingerprint density at radius 2 is 2.11 bits per heavy atom. The van der Waals surface area contributed by atoms with Gasteiger partial charge in [0.1, 0.15) is 5.54 Å². The van der Waals surface area contributed by atoms with Crippen LogP contribution in [0.4, 0.5) is 0 Å². The molecule has 2 rings (SSSR count). The van der Waals surface area contributed by atoms with Crippen LogP contribution in [0.15, 0.2) is 4.99 Å². The lowest BCUT2D eigenvalue weighted by atomic mass is 9.87. The van der Waals surface area contributed by atoms with E-state index in [-0.39, 0.29) is 5.91 Å². The van der Waals surface area contributed by atoms with Crippen LogP contribution in [-0.4, -0.2) is 61.7 Å². The Kier molecular flexibility index (Phi) is 4.42. The molecule has 2 aliphatic heterocycles. The predicted octanol–water partition coefficient (Wildman–Crippen LogP) is -0.0488. The number of carbonyl (C=O) groups excluding carboxylic acids is 1. The summed E-state index contributed by atoms with van der Waals surface area (Å²) in [5.41, 5.74) is -0.447. The van der Waals surface area contributed by atoms with Gasteiger partial charge in [0.05, 0.1) is 13.2 Å². The van der Waals surface area contributed by atoms with Gasteiger partial charge in [-0.1, -0.05) is 0 Å². The Morgan fingerprint density at radius 3 is 2.68 bits per heavy atom. The molecule has 108 valence electrons. The molecule has 0 aliphatic carbocycles. The van der Waals surface area contributed by atoms with E-state index in [1.165, 1.54) is 0 Å². The van der Waals surface area contributed by atoms with E-state index in [2.05, 4.69) is 34.4 Å². The van der Waals surface area contributed by atoms with Crippen LogP contribution < -0.4 is 10.6 Å². The van der Waals surface area contributed by atoms with Crippen LogP contribution in [0.2, 0.25) is 0 Å². The lowest BCUT2D eigenvalue weighted by molar-refractivity contribution is -0.125. The lowest BCUT2D eigenvalue weighted by Crippen LogP contribution is -2.55. The number of piperidine rings is 1. The Bertz CT molecular complexity index is 360. The Balaban J connectivity index is 1.95. The molecule has 2 saturated heterocycles. The van der Waals surface area contributed by atoms with Crippen LogP contribution in [0.25, 0.3) is 0 Å². The summed E-state index contributed by atoms with van der Waals surface area (Å²) in [5.74, 6) is 0.659. The molecule has 6 heteroatoms. The summed E-state index contributed by atoms with van der Waals surface area (Å²) in [6.07, 6.45) is 1.67. The average Bonchev–Trinajstić information content (AvgIpc) is 2.67. The van der Waals surface area contributed by atoms with Crippen molar-refractivity contribution < 1.29 is 9.53 Å². The molecular weight excluding hydrogens is 244 g/mol. The van der Waals surface area contributed by atoms with Gasteiger partial charge in [-0.05, 0) is 26.7 Å². The molecule has 1 amide bonds. The van der Waals surface area contributed by atoms with Crippen LogP contribution in [0.5, 0.6) is 0 Å². The number of likely N-dealkylation sites (tertiary alicyclic amines) is 1. The zero-order valence-corrected chi connectivity index (χ0v) is 12.0. The number of methoxy groups -OCH3 is 1. The van der Waals surface area contributed by atoms with E-state index in [9.17, 15) is 4.79 Å². The number of carbonyl (C=O) groups is 1. The highest BCUT2D eigenvalue weighted by molar-refractivity contribution is 6.09. The van der Waals surface area contributed by atoms with Crippen molar-refractivity contribution in [2.75, 3.05) is 33.4 Å². The van der Waals surface area contributed by atoms with E-state index in [0.29, 0.717) is 25.2 Å². The standard InChI is InChI=1S/C13H24N4O2/c1-10(2)17-7-4-13(5-8-17)11(18)15-12(16-13)14-6-9-19-3/h10H,4-9H2,1-3H3,(H2,14,15,16,18). The number of nitrogens with one attached hydrogen (secondary N) is 2. The zero-order chi connectivity index (χ0) is 13.9. The molecular formula is C13H24N4O2. The van der Waals surface area contributed by atoms with Crippen LogP contribution in [0.1, 0.15) is 26.7 Å². The first kappa shape index (κ1) is 14.3. The van der Waals surface area contributed by atoms with E-state index in [1.54, 1.807) is 7.11 Å². The van der Waals surface area contributed by atoms with E-state index in [0.717, 1.165) is 25.9 Å². The van der Waals surface area contributed by atoms with E-state index >= 15 is 0 Å². The van der Waals surface area contributed by atoms with Crippen molar-refractivity contribution in [3.63, 3.8) is 0 Å². The molecule has 1 spiro atoms. The zero-order valence-electron chi connectivity index (χ0n) is 12.0. The first-order valence-corrected chi connectivity index (χ1v) is 6.94. The first-order valence-electron chi connectivity index (χ1n) is 6.94.